The van der Waals surface area contributed by atoms with E-state index in [1.165, 1.54) is 0 Å². The average Bonchev–Trinajstić information content (AvgIpc) is 2.53. The van der Waals surface area contributed by atoms with Crippen LogP contribution >= 0.6 is 0 Å². The summed E-state index contributed by atoms with van der Waals surface area (Å²) < 4.78 is 27.8. The van der Waals surface area contributed by atoms with E-state index in [0.29, 0.717) is 22.3 Å². The maximum absolute atomic E-state index is 12.5. The minimum Gasteiger partial charge on any atom is -0.313 e. The van der Waals surface area contributed by atoms with Gasteiger partial charge in [0.1, 0.15) is 0 Å². The van der Waals surface area contributed by atoms with E-state index < -0.39 is 10.0 Å². The molecule has 1 aromatic heterocycles. The predicted octanol–water partition coefficient (Wildman–Crippen LogP) is 1.66. The minimum absolute atomic E-state index is 0.224. The Balaban J connectivity index is 1.83. The average molecular weight is 305 g/mol. The number of aromatic nitrogens is 1. The molecule has 112 valence electrons. The lowest BCUT2D eigenvalue weighted by Crippen LogP contribution is -2.43. The number of pyridine rings is 1. The Labute approximate surface area is 124 Å². The lowest BCUT2D eigenvalue weighted by Gasteiger charge is -2.23. The zero-order valence-corrected chi connectivity index (χ0v) is 12.6. The molecule has 0 aliphatic carbocycles. The molecule has 2 aromatic rings. The van der Waals surface area contributed by atoms with Gasteiger partial charge in [-0.1, -0.05) is 12.5 Å². The zero-order chi connectivity index (χ0) is 14.7. The molecule has 1 atom stereocenters. The first kappa shape index (κ1) is 14.4. The maximum atomic E-state index is 12.5. The largest absolute Gasteiger partial charge is 0.313 e. The van der Waals surface area contributed by atoms with Gasteiger partial charge in [0, 0.05) is 24.2 Å². The monoisotopic (exact) mass is 305 g/mol. The van der Waals surface area contributed by atoms with Gasteiger partial charge >= 0.3 is 0 Å². The van der Waals surface area contributed by atoms with Crippen molar-refractivity contribution in [2.45, 2.75) is 30.2 Å². The molecule has 2 heterocycles. The third-order valence-electron chi connectivity index (χ3n) is 3.83. The summed E-state index contributed by atoms with van der Waals surface area (Å²) in [6.45, 7) is 1.39. The van der Waals surface area contributed by atoms with Crippen LogP contribution in [0.1, 0.15) is 19.3 Å². The molecule has 0 saturated carbocycles. The fourth-order valence-corrected chi connectivity index (χ4v) is 3.99. The van der Waals surface area contributed by atoms with E-state index in [0.717, 1.165) is 25.8 Å². The summed E-state index contributed by atoms with van der Waals surface area (Å²) in [5.74, 6) is 0. The number of hydrogen-bond acceptors (Lipinski definition) is 4. The molecular weight excluding hydrogens is 286 g/mol. The molecule has 1 aromatic carbocycles. The lowest BCUT2D eigenvalue weighted by atomic mass is 10.1. The van der Waals surface area contributed by atoms with Crippen LogP contribution in [0.4, 0.5) is 0 Å². The number of benzene rings is 1. The number of hydrogen-bond donors (Lipinski definition) is 2. The van der Waals surface area contributed by atoms with E-state index >= 15 is 0 Å². The Morgan fingerprint density at radius 3 is 2.95 bits per heavy atom. The standard InChI is InChI=1S/C15H19N3O2S/c19-21(20,18-11-12-5-1-2-9-16-12)15-8-3-7-14-13(15)6-4-10-17-14/h3-4,6-8,10,12,16,18H,1-2,5,9,11H2. The van der Waals surface area contributed by atoms with E-state index in [1.54, 1.807) is 30.5 Å². The summed E-state index contributed by atoms with van der Waals surface area (Å²) in [7, 11) is -3.52. The molecule has 21 heavy (non-hydrogen) atoms. The van der Waals surface area contributed by atoms with E-state index in [9.17, 15) is 8.42 Å². The SMILES string of the molecule is O=S(=O)(NCC1CCCCN1)c1cccc2ncccc12. The highest BCUT2D eigenvalue weighted by atomic mass is 32.2. The summed E-state index contributed by atoms with van der Waals surface area (Å²) in [5.41, 5.74) is 0.691. The van der Waals surface area contributed by atoms with Crippen LogP contribution in [0.25, 0.3) is 10.9 Å². The summed E-state index contributed by atoms with van der Waals surface area (Å²) >= 11 is 0. The fraction of sp³-hybridized carbons (Fsp3) is 0.400. The second kappa shape index (κ2) is 6.09. The zero-order valence-electron chi connectivity index (χ0n) is 11.7. The Hall–Kier alpha value is -1.50. The molecule has 0 radical (unpaired) electrons. The van der Waals surface area contributed by atoms with Gasteiger partial charge in [-0.05, 0) is 43.7 Å². The number of fused-ring (bicyclic) bond motifs is 1. The second-order valence-corrected chi connectivity index (χ2v) is 7.06. The van der Waals surface area contributed by atoms with Gasteiger partial charge in [-0.3, -0.25) is 4.98 Å². The first-order valence-electron chi connectivity index (χ1n) is 7.24. The van der Waals surface area contributed by atoms with Crippen LogP contribution in [0.3, 0.4) is 0 Å². The summed E-state index contributed by atoms with van der Waals surface area (Å²) in [4.78, 5) is 4.50. The normalized spacial score (nSPS) is 19.7. The van der Waals surface area contributed by atoms with E-state index in [2.05, 4.69) is 15.0 Å². The first-order valence-corrected chi connectivity index (χ1v) is 8.72. The van der Waals surface area contributed by atoms with Gasteiger partial charge in [-0.25, -0.2) is 13.1 Å². The van der Waals surface area contributed by atoms with Crippen LogP contribution in [0.2, 0.25) is 0 Å². The summed E-state index contributed by atoms with van der Waals surface area (Å²) in [5, 5.41) is 4.00. The van der Waals surface area contributed by atoms with Gasteiger partial charge in [0.05, 0.1) is 10.4 Å². The molecule has 0 spiro atoms. The number of piperidine rings is 1. The van der Waals surface area contributed by atoms with Crippen molar-refractivity contribution in [1.29, 1.82) is 0 Å². The third-order valence-corrected chi connectivity index (χ3v) is 5.31. The topological polar surface area (TPSA) is 71.1 Å². The van der Waals surface area contributed by atoms with Crippen LogP contribution < -0.4 is 10.0 Å². The Morgan fingerprint density at radius 2 is 2.14 bits per heavy atom. The van der Waals surface area contributed by atoms with E-state index in [4.69, 9.17) is 0 Å². The lowest BCUT2D eigenvalue weighted by molar-refractivity contribution is 0.398. The highest BCUT2D eigenvalue weighted by molar-refractivity contribution is 7.89. The first-order chi connectivity index (χ1) is 10.2. The van der Waals surface area contributed by atoms with Crippen LogP contribution in [0.5, 0.6) is 0 Å². The van der Waals surface area contributed by atoms with Gasteiger partial charge in [0.25, 0.3) is 0 Å². The molecule has 3 rings (SSSR count). The molecule has 0 bridgehead atoms. The fourth-order valence-electron chi connectivity index (χ4n) is 2.70. The van der Waals surface area contributed by atoms with Crippen molar-refractivity contribution in [3.63, 3.8) is 0 Å². The third kappa shape index (κ3) is 3.23. The van der Waals surface area contributed by atoms with Crippen LogP contribution in [-0.2, 0) is 10.0 Å². The molecule has 1 fully saturated rings. The molecule has 0 amide bonds. The van der Waals surface area contributed by atoms with Crippen LogP contribution in [0, 0.1) is 0 Å². The van der Waals surface area contributed by atoms with Gasteiger partial charge in [0.15, 0.2) is 0 Å². The Bertz CT molecular complexity index is 719. The van der Waals surface area contributed by atoms with E-state index in [1.807, 2.05) is 6.07 Å². The molecule has 6 heteroatoms. The summed E-state index contributed by atoms with van der Waals surface area (Å²) in [6.07, 6.45) is 4.99. The molecule has 1 unspecified atom stereocenters. The highest BCUT2D eigenvalue weighted by Gasteiger charge is 2.20. The Morgan fingerprint density at radius 1 is 1.24 bits per heavy atom. The van der Waals surface area contributed by atoms with Crippen molar-refractivity contribution in [2.24, 2.45) is 0 Å². The predicted molar refractivity (Wildman–Crippen MR) is 82.6 cm³/mol. The van der Waals surface area contributed by atoms with Crippen molar-refractivity contribution in [3.8, 4) is 0 Å². The van der Waals surface area contributed by atoms with Crippen molar-refractivity contribution < 1.29 is 8.42 Å². The van der Waals surface area contributed by atoms with Crippen LogP contribution in [0.15, 0.2) is 41.4 Å². The number of nitrogens with one attached hydrogen (secondary N) is 2. The Kier molecular flexibility index (Phi) is 4.19. The number of nitrogens with zero attached hydrogens (tertiary/aromatic N) is 1. The number of sulfonamides is 1. The smallest absolute Gasteiger partial charge is 0.241 e. The molecule has 5 nitrogen and oxygen atoms in total. The maximum Gasteiger partial charge on any atom is 0.241 e. The number of rotatable bonds is 4. The van der Waals surface area contributed by atoms with Crippen molar-refractivity contribution in [3.05, 3.63) is 36.5 Å². The van der Waals surface area contributed by atoms with Crippen molar-refractivity contribution in [2.75, 3.05) is 13.1 Å². The van der Waals surface area contributed by atoms with Gasteiger partial charge < -0.3 is 5.32 Å². The quantitative estimate of drug-likeness (QED) is 0.901. The van der Waals surface area contributed by atoms with Gasteiger partial charge in [-0.2, -0.15) is 0 Å². The van der Waals surface area contributed by atoms with Gasteiger partial charge in [0.2, 0.25) is 10.0 Å². The highest BCUT2D eigenvalue weighted by Crippen LogP contribution is 2.21. The van der Waals surface area contributed by atoms with Crippen LogP contribution in [-0.4, -0.2) is 32.5 Å². The molecule has 1 aliphatic heterocycles. The van der Waals surface area contributed by atoms with Gasteiger partial charge in [-0.15, -0.1) is 0 Å². The minimum atomic E-state index is -3.52. The summed E-state index contributed by atoms with van der Waals surface area (Å²) in [6, 6.07) is 8.93. The molecule has 1 saturated heterocycles. The van der Waals surface area contributed by atoms with Crippen molar-refractivity contribution in [1.82, 2.24) is 15.0 Å². The molecule has 1 aliphatic rings. The molecule has 2 N–H and O–H groups in total. The molecular formula is C15H19N3O2S. The second-order valence-electron chi connectivity index (χ2n) is 5.32. The van der Waals surface area contributed by atoms with Crippen molar-refractivity contribution >= 4 is 20.9 Å². The van der Waals surface area contributed by atoms with E-state index in [-0.39, 0.29) is 6.04 Å².